The monoisotopic (exact) mass is 712 g/mol. The lowest BCUT2D eigenvalue weighted by Gasteiger charge is -2.36. The van der Waals surface area contributed by atoms with Gasteiger partial charge in [-0.3, -0.25) is 19.2 Å². The van der Waals surface area contributed by atoms with Crippen molar-refractivity contribution < 1.29 is 33.8 Å². The molecule has 3 aliphatic heterocycles. The quantitative estimate of drug-likeness (QED) is 0.114. The number of esters is 1. The van der Waals surface area contributed by atoms with E-state index in [0.717, 1.165) is 5.52 Å². The number of fused-ring (bicyclic) bond motifs is 2. The molecule has 0 unspecified atom stereocenters. The third kappa shape index (κ3) is 7.11. The number of carbonyl (C=O) groups excluding carboxylic acids is 4. The number of amides is 3. The molecule has 2 bridgehead atoms. The summed E-state index contributed by atoms with van der Waals surface area (Å²) < 4.78 is 14.6. The molecule has 13 nitrogen and oxygen atoms in total. The summed E-state index contributed by atoms with van der Waals surface area (Å²) in [5.74, 6) is -3.32. The minimum absolute atomic E-state index is 0.0241. The highest BCUT2D eigenvalue weighted by Gasteiger charge is 2.75. The lowest BCUT2D eigenvalue weighted by Crippen LogP contribution is -2.56. The minimum atomic E-state index is -1.24. The first-order valence-corrected chi connectivity index (χ1v) is 18.2. The van der Waals surface area contributed by atoms with E-state index in [1.807, 2.05) is 54.6 Å². The fourth-order valence-electron chi connectivity index (χ4n) is 8.18. The highest BCUT2D eigenvalue weighted by molar-refractivity contribution is 5.98. The molecule has 52 heavy (non-hydrogen) atoms. The molecule has 3 amide bonds. The Morgan fingerprint density at radius 1 is 1.12 bits per heavy atom. The average molecular weight is 713 g/mol. The Labute approximate surface area is 303 Å². The summed E-state index contributed by atoms with van der Waals surface area (Å²) in [7, 11) is 0. The van der Waals surface area contributed by atoms with Gasteiger partial charge in [-0.25, -0.2) is 4.68 Å². The molecule has 6 rings (SSSR count). The molecule has 4 heterocycles. The van der Waals surface area contributed by atoms with Crippen LogP contribution in [-0.4, -0.2) is 97.1 Å². The Balaban J connectivity index is 1.30. The van der Waals surface area contributed by atoms with Crippen molar-refractivity contribution in [2.45, 2.75) is 88.4 Å². The maximum Gasteiger partial charge on any atom is 0.313 e. The predicted octanol–water partition coefficient (Wildman–Crippen LogP) is 3.70. The number of nitrogens with zero attached hydrogens (tertiary/aromatic N) is 5. The number of likely N-dealkylation sites (tertiary alicyclic amines) is 1. The van der Waals surface area contributed by atoms with Crippen molar-refractivity contribution in [2.24, 2.45) is 11.8 Å². The largest absolute Gasteiger partial charge is 0.455 e. The lowest BCUT2D eigenvalue weighted by atomic mass is 9.70. The second-order valence-corrected chi connectivity index (χ2v) is 13.9. The molecule has 276 valence electrons. The van der Waals surface area contributed by atoms with E-state index in [1.165, 1.54) is 0 Å². The maximum absolute atomic E-state index is 14.8. The molecule has 2 N–H and O–H groups in total. The topological polar surface area (TPSA) is 156 Å². The normalized spacial score (nSPS) is 24.3. The van der Waals surface area contributed by atoms with Crippen LogP contribution in [0.25, 0.3) is 11.0 Å². The second kappa shape index (κ2) is 16.2. The zero-order chi connectivity index (χ0) is 36.8. The van der Waals surface area contributed by atoms with Crippen molar-refractivity contribution in [3.05, 3.63) is 85.5 Å². The fourth-order valence-corrected chi connectivity index (χ4v) is 8.18. The van der Waals surface area contributed by atoms with Crippen LogP contribution >= 0.6 is 0 Å². The number of hydrogen-bond donors (Lipinski definition) is 2. The Morgan fingerprint density at radius 2 is 1.88 bits per heavy atom. The number of unbranched alkanes of at least 4 members (excludes halogenated alkanes) is 2. The van der Waals surface area contributed by atoms with Gasteiger partial charge in [-0.15, -0.1) is 18.3 Å². The SMILES string of the molecule is C=CCCC(=O)N[C@@H](C)[C@H](OC(=O)[C@@H]1[C@H]2C(=O)N(CCCCCO)[C@H](C(=O)N(CC=C)Cn3nnc4ccccc43)[C@]23CC[C@H]1O3)c1ccccc1. The number of benzene rings is 2. The van der Waals surface area contributed by atoms with Crippen LogP contribution in [0.5, 0.6) is 0 Å². The molecule has 3 fully saturated rings. The Kier molecular flexibility index (Phi) is 11.5. The molecule has 3 saturated heterocycles. The first-order valence-electron chi connectivity index (χ1n) is 18.2. The van der Waals surface area contributed by atoms with E-state index in [4.69, 9.17) is 9.47 Å². The standard InChI is InChI=1S/C39H48N6O7/c1-4-6-19-31(47)40-26(3)34(27-15-9-7-10-16-27)51-38(50)32-30-20-21-39(52-30)33(32)36(48)44(23-13-8-14-24-46)35(39)37(49)43(22-5-2)25-45-29-18-12-11-17-28(29)41-42-45/h4-5,7,9-12,15-18,26,30,32-35,46H,1-2,6,8,13-14,19-25H2,3H3,(H,40,47)/t26-,30+,32-,33-,34-,35+,39-/m0/s1. The molecular weight excluding hydrogens is 664 g/mol. The van der Waals surface area contributed by atoms with Crippen molar-refractivity contribution in [3.63, 3.8) is 0 Å². The van der Waals surface area contributed by atoms with E-state index in [9.17, 15) is 24.3 Å². The number of aromatic nitrogens is 3. The van der Waals surface area contributed by atoms with Crippen LogP contribution in [0.4, 0.5) is 0 Å². The highest BCUT2D eigenvalue weighted by atomic mass is 16.6. The smallest absolute Gasteiger partial charge is 0.313 e. The maximum atomic E-state index is 14.8. The summed E-state index contributed by atoms with van der Waals surface area (Å²) in [5, 5.41) is 20.9. The third-order valence-corrected chi connectivity index (χ3v) is 10.5. The molecule has 0 radical (unpaired) electrons. The summed E-state index contributed by atoms with van der Waals surface area (Å²) in [6.07, 6.45) is 5.29. The van der Waals surface area contributed by atoms with Gasteiger partial charge >= 0.3 is 5.97 Å². The van der Waals surface area contributed by atoms with Crippen LogP contribution < -0.4 is 5.32 Å². The van der Waals surface area contributed by atoms with Crippen LogP contribution in [0.1, 0.15) is 63.5 Å². The van der Waals surface area contributed by atoms with Crippen molar-refractivity contribution in [1.82, 2.24) is 30.1 Å². The van der Waals surface area contributed by atoms with Gasteiger partial charge in [0.15, 0.2) is 0 Å². The number of carbonyl (C=O) groups is 4. The molecule has 3 aliphatic rings. The number of ether oxygens (including phenoxy) is 2. The Bertz CT molecular complexity index is 1780. The number of aliphatic hydroxyl groups is 1. The van der Waals surface area contributed by atoms with Crippen LogP contribution in [0.3, 0.4) is 0 Å². The number of nitrogens with one attached hydrogen (secondary N) is 1. The van der Waals surface area contributed by atoms with Crippen LogP contribution in [0.15, 0.2) is 79.9 Å². The number of rotatable bonds is 18. The van der Waals surface area contributed by atoms with Gasteiger partial charge in [0, 0.05) is 26.1 Å². The zero-order valence-electron chi connectivity index (χ0n) is 29.6. The fraction of sp³-hybridized carbons (Fsp3) is 0.487. The summed E-state index contributed by atoms with van der Waals surface area (Å²) in [6.45, 7) is 9.89. The second-order valence-electron chi connectivity index (χ2n) is 13.9. The number of allylic oxidation sites excluding steroid dienone is 1. The van der Waals surface area contributed by atoms with Crippen LogP contribution in [0, 0.1) is 11.8 Å². The van der Waals surface area contributed by atoms with Gasteiger partial charge in [-0.1, -0.05) is 59.8 Å². The summed E-state index contributed by atoms with van der Waals surface area (Å²) >= 11 is 0. The predicted molar refractivity (Wildman–Crippen MR) is 192 cm³/mol. The summed E-state index contributed by atoms with van der Waals surface area (Å²) in [4.78, 5) is 59.6. The number of para-hydroxylation sites is 1. The Morgan fingerprint density at radius 3 is 2.63 bits per heavy atom. The van der Waals surface area contributed by atoms with Gasteiger partial charge < -0.3 is 29.7 Å². The lowest BCUT2D eigenvalue weighted by molar-refractivity contribution is -0.162. The van der Waals surface area contributed by atoms with Gasteiger partial charge in [-0.2, -0.15) is 0 Å². The number of aliphatic hydroxyl groups excluding tert-OH is 1. The van der Waals surface area contributed by atoms with Gasteiger partial charge in [0.1, 0.15) is 29.9 Å². The molecule has 0 saturated carbocycles. The van der Waals surface area contributed by atoms with Crippen molar-refractivity contribution in [3.8, 4) is 0 Å². The van der Waals surface area contributed by atoms with E-state index in [0.29, 0.717) is 49.6 Å². The third-order valence-electron chi connectivity index (χ3n) is 10.5. The Hall–Kier alpha value is -4.88. The van der Waals surface area contributed by atoms with E-state index < -0.39 is 47.7 Å². The van der Waals surface area contributed by atoms with Crippen molar-refractivity contribution in [1.29, 1.82) is 0 Å². The van der Waals surface area contributed by atoms with E-state index in [1.54, 1.807) is 33.6 Å². The van der Waals surface area contributed by atoms with Crippen molar-refractivity contribution in [2.75, 3.05) is 19.7 Å². The average Bonchev–Trinajstić information content (AvgIpc) is 3.91. The summed E-state index contributed by atoms with van der Waals surface area (Å²) in [6, 6.07) is 15.1. The van der Waals surface area contributed by atoms with E-state index >= 15 is 0 Å². The van der Waals surface area contributed by atoms with Crippen molar-refractivity contribution >= 4 is 34.7 Å². The van der Waals surface area contributed by atoms with E-state index in [-0.39, 0.29) is 50.5 Å². The summed E-state index contributed by atoms with van der Waals surface area (Å²) in [5.41, 5.74) is 0.898. The van der Waals surface area contributed by atoms with Gasteiger partial charge in [0.25, 0.3) is 0 Å². The molecule has 2 aromatic carbocycles. The number of hydrogen-bond acceptors (Lipinski definition) is 9. The van der Waals surface area contributed by atoms with Crippen LogP contribution in [-0.2, 0) is 35.3 Å². The first kappa shape index (κ1) is 36.9. The molecule has 0 aliphatic carbocycles. The molecule has 1 aromatic heterocycles. The highest BCUT2D eigenvalue weighted by Crippen LogP contribution is 2.59. The molecular formula is C39H48N6O7. The molecule has 1 spiro atoms. The zero-order valence-corrected chi connectivity index (χ0v) is 29.6. The van der Waals surface area contributed by atoms with Gasteiger partial charge in [0.2, 0.25) is 17.7 Å². The molecule has 13 heteroatoms. The van der Waals surface area contributed by atoms with Gasteiger partial charge in [-0.05, 0) is 63.1 Å². The van der Waals surface area contributed by atoms with Gasteiger partial charge in [0.05, 0.1) is 29.5 Å². The molecule has 3 aromatic rings. The van der Waals surface area contributed by atoms with Crippen LogP contribution in [0.2, 0.25) is 0 Å². The minimum Gasteiger partial charge on any atom is -0.455 e. The van der Waals surface area contributed by atoms with E-state index in [2.05, 4.69) is 28.8 Å². The molecule has 7 atom stereocenters. The first-order chi connectivity index (χ1) is 25.2.